The van der Waals surface area contributed by atoms with Gasteiger partial charge in [-0.1, -0.05) is 30.3 Å². The van der Waals surface area contributed by atoms with Crippen molar-refractivity contribution in [2.24, 2.45) is 20.5 Å². The van der Waals surface area contributed by atoms with Crippen molar-refractivity contribution in [3.8, 4) is 0 Å². The lowest BCUT2D eigenvalue weighted by Gasteiger charge is -2.33. The van der Waals surface area contributed by atoms with E-state index in [9.17, 15) is 26.3 Å². The molecule has 3 rings (SSSR count). The summed E-state index contributed by atoms with van der Waals surface area (Å²) in [4.78, 5) is 0.00926. The molecule has 5 nitrogen and oxygen atoms in total. The molecular weight excluding hydrogens is 316 g/mol. The van der Waals surface area contributed by atoms with Crippen LogP contribution in [-0.4, -0.2) is 28.8 Å². The minimum atomic E-state index is -5.10. The van der Waals surface area contributed by atoms with Gasteiger partial charge in [0.15, 0.2) is 0 Å². The summed E-state index contributed by atoms with van der Waals surface area (Å²) in [5, 5.41) is 11.3. The van der Waals surface area contributed by atoms with Crippen molar-refractivity contribution >= 4 is 0 Å². The third kappa shape index (κ3) is 2.07. The fraction of sp³-hybridized carbons (Fsp3) is 0.455. The van der Waals surface area contributed by atoms with Gasteiger partial charge < -0.3 is 0 Å². The molecule has 22 heavy (non-hydrogen) atoms. The van der Waals surface area contributed by atoms with Gasteiger partial charge in [0.25, 0.3) is 0 Å². The average Bonchev–Trinajstić information content (AvgIpc) is 3.28. The SMILES string of the molecule is FC(F)(F)C1(N(Cc2ccccc2)C2(C(F)(F)F)N=N2)N=N1. The smallest absolute Gasteiger partial charge is 0.191 e. The fourth-order valence-electron chi connectivity index (χ4n) is 2.05. The van der Waals surface area contributed by atoms with Crippen LogP contribution in [0.4, 0.5) is 26.3 Å². The van der Waals surface area contributed by atoms with Crippen LogP contribution in [0.15, 0.2) is 50.8 Å². The van der Waals surface area contributed by atoms with E-state index < -0.39 is 30.5 Å². The fourth-order valence-corrected chi connectivity index (χ4v) is 2.05. The quantitative estimate of drug-likeness (QED) is 0.777. The van der Waals surface area contributed by atoms with Crippen LogP contribution in [0.2, 0.25) is 0 Å². The predicted molar refractivity (Wildman–Crippen MR) is 59.3 cm³/mol. The summed E-state index contributed by atoms with van der Waals surface area (Å²) in [5.41, 5.74) is 0.226. The minimum Gasteiger partial charge on any atom is -0.191 e. The van der Waals surface area contributed by atoms with Crippen molar-refractivity contribution in [1.82, 2.24) is 4.90 Å². The highest BCUT2D eigenvalue weighted by Crippen LogP contribution is 2.57. The Kier molecular flexibility index (Phi) is 2.87. The van der Waals surface area contributed by atoms with Crippen molar-refractivity contribution in [2.75, 3.05) is 0 Å². The number of alkyl halides is 6. The van der Waals surface area contributed by atoms with E-state index in [2.05, 4.69) is 20.5 Å². The van der Waals surface area contributed by atoms with Gasteiger partial charge in [-0.15, -0.1) is 20.5 Å². The summed E-state index contributed by atoms with van der Waals surface area (Å²) in [6.07, 6.45) is -10.2. The summed E-state index contributed by atoms with van der Waals surface area (Å²) in [6, 6.07) is 7.37. The Morgan fingerprint density at radius 1 is 0.773 bits per heavy atom. The van der Waals surface area contributed by atoms with E-state index in [1.165, 1.54) is 24.3 Å². The number of hydrogen-bond donors (Lipinski definition) is 0. The molecule has 1 aromatic carbocycles. The van der Waals surface area contributed by atoms with E-state index in [1.54, 1.807) is 6.07 Å². The first-order valence-corrected chi connectivity index (χ1v) is 5.96. The van der Waals surface area contributed by atoms with Crippen molar-refractivity contribution in [3.63, 3.8) is 0 Å². The molecule has 0 saturated heterocycles. The molecule has 0 atom stereocenters. The Hall–Kier alpha value is -2.04. The second kappa shape index (κ2) is 4.24. The maximum absolute atomic E-state index is 13.1. The summed E-state index contributed by atoms with van der Waals surface area (Å²) in [6.45, 7) is -0.708. The number of hydrogen-bond acceptors (Lipinski definition) is 5. The van der Waals surface area contributed by atoms with E-state index in [0.717, 1.165) is 0 Å². The molecule has 0 aromatic heterocycles. The normalized spacial score (nSPS) is 21.2. The first-order valence-electron chi connectivity index (χ1n) is 5.96. The zero-order valence-electron chi connectivity index (χ0n) is 10.6. The molecule has 0 aliphatic carbocycles. The van der Waals surface area contributed by atoms with Crippen molar-refractivity contribution < 1.29 is 26.3 Å². The van der Waals surface area contributed by atoms with Crippen LogP contribution < -0.4 is 0 Å². The first kappa shape index (κ1) is 14.9. The van der Waals surface area contributed by atoms with E-state index >= 15 is 0 Å². The molecule has 0 unspecified atom stereocenters. The highest BCUT2D eigenvalue weighted by Gasteiger charge is 2.80. The Bertz CT molecular complexity index is 587. The van der Waals surface area contributed by atoms with Gasteiger partial charge in [0.2, 0.25) is 0 Å². The number of nitrogens with zero attached hydrogens (tertiary/aromatic N) is 5. The van der Waals surface area contributed by atoms with Gasteiger partial charge in [0.05, 0.1) is 0 Å². The first-order chi connectivity index (χ1) is 10.1. The van der Waals surface area contributed by atoms with Crippen molar-refractivity contribution in [1.29, 1.82) is 0 Å². The lowest BCUT2D eigenvalue weighted by atomic mass is 10.1. The van der Waals surface area contributed by atoms with Gasteiger partial charge in [0, 0.05) is 6.54 Å². The molecule has 0 amide bonds. The minimum absolute atomic E-state index is 0.00926. The third-order valence-electron chi connectivity index (χ3n) is 3.28. The lowest BCUT2D eigenvalue weighted by molar-refractivity contribution is -0.264. The van der Waals surface area contributed by atoms with Crippen LogP contribution in [-0.2, 0) is 6.54 Å². The molecule has 0 spiro atoms. The van der Waals surface area contributed by atoms with Crippen molar-refractivity contribution in [3.05, 3.63) is 35.9 Å². The molecule has 2 heterocycles. The highest BCUT2D eigenvalue weighted by atomic mass is 19.4. The second-order valence-electron chi connectivity index (χ2n) is 4.74. The largest absolute Gasteiger partial charge is 0.453 e. The number of halogens is 6. The van der Waals surface area contributed by atoms with E-state index in [1.807, 2.05) is 0 Å². The molecule has 11 heteroatoms. The van der Waals surface area contributed by atoms with Gasteiger partial charge in [-0.25, -0.2) is 0 Å². The van der Waals surface area contributed by atoms with Gasteiger partial charge in [-0.2, -0.15) is 31.2 Å². The van der Waals surface area contributed by atoms with Crippen LogP contribution in [0, 0.1) is 0 Å². The summed E-state index contributed by atoms with van der Waals surface area (Å²) in [7, 11) is 0. The second-order valence-corrected chi connectivity index (χ2v) is 4.74. The molecule has 2 aliphatic rings. The van der Waals surface area contributed by atoms with E-state index in [-0.39, 0.29) is 10.5 Å². The monoisotopic (exact) mass is 323 g/mol. The molecule has 2 aliphatic heterocycles. The van der Waals surface area contributed by atoms with Crippen LogP contribution in [0.5, 0.6) is 0 Å². The third-order valence-corrected chi connectivity index (χ3v) is 3.28. The van der Waals surface area contributed by atoms with Crippen LogP contribution in [0.3, 0.4) is 0 Å². The van der Waals surface area contributed by atoms with Gasteiger partial charge in [0.1, 0.15) is 0 Å². The maximum Gasteiger partial charge on any atom is 0.453 e. The van der Waals surface area contributed by atoms with Crippen molar-refractivity contribution in [2.45, 2.75) is 30.5 Å². The topological polar surface area (TPSA) is 52.7 Å². The summed E-state index contributed by atoms with van der Waals surface area (Å²) >= 11 is 0. The zero-order chi connectivity index (χ0) is 16.2. The Morgan fingerprint density at radius 3 is 1.50 bits per heavy atom. The van der Waals surface area contributed by atoms with Crippen LogP contribution in [0.1, 0.15) is 5.56 Å². The molecular formula is C11H7F6N5. The molecule has 1 aromatic rings. The predicted octanol–water partition coefficient (Wildman–Crippen LogP) is 3.85. The van der Waals surface area contributed by atoms with Crippen LogP contribution >= 0.6 is 0 Å². The molecule has 0 N–H and O–H groups in total. The van der Waals surface area contributed by atoms with Crippen LogP contribution in [0.25, 0.3) is 0 Å². The average molecular weight is 323 g/mol. The molecule has 118 valence electrons. The summed E-state index contributed by atoms with van der Waals surface area (Å²) < 4.78 is 78.7. The Labute approximate surface area is 119 Å². The maximum atomic E-state index is 13.1. The molecule has 0 fully saturated rings. The van der Waals surface area contributed by atoms with Gasteiger partial charge in [-0.3, -0.25) is 0 Å². The van der Waals surface area contributed by atoms with E-state index in [0.29, 0.717) is 0 Å². The lowest BCUT2D eigenvalue weighted by Crippen LogP contribution is -2.60. The highest BCUT2D eigenvalue weighted by molar-refractivity contribution is 5.19. The van der Waals surface area contributed by atoms with Gasteiger partial charge >= 0.3 is 23.9 Å². The molecule has 0 bridgehead atoms. The number of benzene rings is 1. The number of rotatable bonds is 4. The molecule has 0 radical (unpaired) electrons. The summed E-state index contributed by atoms with van der Waals surface area (Å²) in [5.74, 6) is -6.52. The molecule has 0 saturated carbocycles. The van der Waals surface area contributed by atoms with E-state index in [4.69, 9.17) is 0 Å². The van der Waals surface area contributed by atoms with Gasteiger partial charge in [-0.05, 0) is 5.56 Å². The Balaban J connectivity index is 1.98. The standard InChI is InChI=1S/C11H7F6N5/c12-8(13,14)10(18-19-10)22(6-7-4-2-1-3-5-7)11(20-21-11)9(15,16)17/h1-5H,6H2. The Morgan fingerprint density at radius 2 is 1.18 bits per heavy atom. The zero-order valence-corrected chi connectivity index (χ0v) is 10.6.